The summed E-state index contributed by atoms with van der Waals surface area (Å²) in [5.74, 6) is 2.24. The average Bonchev–Trinajstić information content (AvgIpc) is 3.05. The lowest BCUT2D eigenvalue weighted by molar-refractivity contribution is -0.119. The first-order chi connectivity index (χ1) is 11.7. The van der Waals surface area contributed by atoms with Gasteiger partial charge in [0, 0.05) is 11.6 Å². The highest BCUT2D eigenvalue weighted by Crippen LogP contribution is 2.19. The Kier molecular flexibility index (Phi) is 5.91. The largest absolute Gasteiger partial charge is 0.353 e. The van der Waals surface area contributed by atoms with E-state index in [-0.39, 0.29) is 5.91 Å². The summed E-state index contributed by atoms with van der Waals surface area (Å²) in [7, 11) is 0. The second-order valence-corrected chi connectivity index (χ2v) is 7.26. The topological polar surface area (TPSA) is 68.0 Å². The Bertz CT molecular complexity index is 663. The standard InChI is InChI=1S/C18H23N3O2S/c1-13-7-9-14(10-8-13)18-20-17(23-21-18)12-24-11-16(22)19-15-5-3-2-4-6-15/h7-10,15H,2-6,11-12H2,1H3,(H,19,22). The number of amides is 1. The Morgan fingerprint density at radius 1 is 1.25 bits per heavy atom. The number of aryl methyl sites for hydroxylation is 1. The average molecular weight is 345 g/mol. The van der Waals surface area contributed by atoms with E-state index in [4.69, 9.17) is 4.52 Å². The molecule has 1 aromatic heterocycles. The highest BCUT2D eigenvalue weighted by molar-refractivity contribution is 7.99. The number of carbonyl (C=O) groups is 1. The zero-order valence-electron chi connectivity index (χ0n) is 14.0. The molecule has 6 heteroatoms. The van der Waals surface area contributed by atoms with Gasteiger partial charge in [0.25, 0.3) is 0 Å². The minimum Gasteiger partial charge on any atom is -0.353 e. The van der Waals surface area contributed by atoms with Gasteiger partial charge in [0.2, 0.25) is 17.6 Å². The molecule has 0 aliphatic heterocycles. The van der Waals surface area contributed by atoms with Crippen LogP contribution in [-0.2, 0) is 10.5 Å². The number of carbonyl (C=O) groups excluding carboxylic acids is 1. The molecule has 0 bridgehead atoms. The van der Waals surface area contributed by atoms with Gasteiger partial charge in [-0.3, -0.25) is 4.79 Å². The predicted octanol–water partition coefficient (Wildman–Crippen LogP) is 3.73. The molecule has 1 heterocycles. The maximum Gasteiger partial charge on any atom is 0.236 e. The van der Waals surface area contributed by atoms with E-state index in [9.17, 15) is 4.79 Å². The number of aromatic nitrogens is 2. The zero-order chi connectivity index (χ0) is 16.8. The lowest BCUT2D eigenvalue weighted by atomic mass is 9.95. The molecule has 1 fully saturated rings. The van der Waals surface area contributed by atoms with Gasteiger partial charge in [0.05, 0.1) is 11.5 Å². The molecule has 0 atom stereocenters. The summed E-state index contributed by atoms with van der Waals surface area (Å²) in [6.45, 7) is 2.04. The number of hydrogen-bond donors (Lipinski definition) is 1. The van der Waals surface area contributed by atoms with Gasteiger partial charge in [0.1, 0.15) is 0 Å². The molecule has 2 aromatic rings. The van der Waals surface area contributed by atoms with E-state index in [2.05, 4.69) is 15.5 Å². The molecule has 0 unspecified atom stereocenters. The van der Waals surface area contributed by atoms with Crippen molar-refractivity contribution >= 4 is 17.7 Å². The molecule has 1 aliphatic rings. The summed E-state index contributed by atoms with van der Waals surface area (Å²) in [4.78, 5) is 16.4. The second-order valence-electron chi connectivity index (χ2n) is 6.27. The monoisotopic (exact) mass is 345 g/mol. The number of nitrogens with one attached hydrogen (secondary N) is 1. The smallest absolute Gasteiger partial charge is 0.236 e. The van der Waals surface area contributed by atoms with E-state index >= 15 is 0 Å². The third-order valence-electron chi connectivity index (χ3n) is 4.21. The van der Waals surface area contributed by atoms with E-state index in [1.165, 1.54) is 36.6 Å². The molecule has 128 valence electrons. The van der Waals surface area contributed by atoms with Gasteiger partial charge in [-0.25, -0.2) is 0 Å². The van der Waals surface area contributed by atoms with Gasteiger partial charge in [-0.2, -0.15) is 4.98 Å². The highest BCUT2D eigenvalue weighted by atomic mass is 32.2. The fraction of sp³-hybridized carbons (Fsp3) is 0.500. The fourth-order valence-electron chi connectivity index (χ4n) is 2.88. The molecule has 1 aromatic carbocycles. The molecule has 1 aliphatic carbocycles. The first-order valence-corrected chi connectivity index (χ1v) is 9.63. The van der Waals surface area contributed by atoms with Gasteiger partial charge in [-0.15, -0.1) is 11.8 Å². The molecule has 5 nitrogen and oxygen atoms in total. The molecule has 24 heavy (non-hydrogen) atoms. The zero-order valence-corrected chi connectivity index (χ0v) is 14.8. The summed E-state index contributed by atoms with van der Waals surface area (Å²) < 4.78 is 5.27. The van der Waals surface area contributed by atoms with Crippen molar-refractivity contribution < 1.29 is 9.32 Å². The maximum absolute atomic E-state index is 12.0. The van der Waals surface area contributed by atoms with Crippen LogP contribution in [-0.4, -0.2) is 27.8 Å². The fourth-order valence-corrected chi connectivity index (χ4v) is 3.54. The van der Waals surface area contributed by atoms with Crippen LogP contribution in [0.2, 0.25) is 0 Å². The van der Waals surface area contributed by atoms with Crippen molar-refractivity contribution in [1.82, 2.24) is 15.5 Å². The molecule has 1 saturated carbocycles. The molecule has 3 rings (SSSR count). The summed E-state index contributed by atoms with van der Waals surface area (Å²) in [6, 6.07) is 8.37. The second kappa shape index (κ2) is 8.33. The van der Waals surface area contributed by atoms with Crippen molar-refractivity contribution in [3.63, 3.8) is 0 Å². The van der Waals surface area contributed by atoms with Gasteiger partial charge < -0.3 is 9.84 Å². The van der Waals surface area contributed by atoms with Crippen LogP contribution < -0.4 is 5.32 Å². The summed E-state index contributed by atoms with van der Waals surface area (Å²) in [6.07, 6.45) is 5.96. The van der Waals surface area contributed by atoms with E-state index in [0.29, 0.717) is 29.3 Å². The van der Waals surface area contributed by atoms with Crippen LogP contribution in [0.15, 0.2) is 28.8 Å². The minimum atomic E-state index is 0.102. The van der Waals surface area contributed by atoms with Crippen molar-refractivity contribution in [2.75, 3.05) is 5.75 Å². The maximum atomic E-state index is 12.0. The molecule has 0 spiro atoms. The molecule has 0 saturated heterocycles. The van der Waals surface area contributed by atoms with Crippen molar-refractivity contribution in [1.29, 1.82) is 0 Å². The summed E-state index contributed by atoms with van der Waals surface area (Å²) >= 11 is 1.51. The van der Waals surface area contributed by atoms with Gasteiger partial charge >= 0.3 is 0 Å². The van der Waals surface area contributed by atoms with Crippen LogP contribution in [0.4, 0.5) is 0 Å². The Labute approximate surface area is 146 Å². The van der Waals surface area contributed by atoms with Crippen LogP contribution in [0.25, 0.3) is 11.4 Å². The SMILES string of the molecule is Cc1ccc(-c2noc(CSCC(=O)NC3CCCCC3)n2)cc1. The lowest BCUT2D eigenvalue weighted by Crippen LogP contribution is -2.37. The normalized spacial score (nSPS) is 15.4. The van der Waals surface area contributed by atoms with E-state index in [0.717, 1.165) is 18.4 Å². The van der Waals surface area contributed by atoms with E-state index in [1.807, 2.05) is 31.2 Å². The summed E-state index contributed by atoms with van der Waals surface area (Å²) in [5, 5.41) is 7.12. The van der Waals surface area contributed by atoms with Crippen LogP contribution >= 0.6 is 11.8 Å². The Balaban J connectivity index is 1.43. The van der Waals surface area contributed by atoms with Gasteiger partial charge in [-0.1, -0.05) is 54.2 Å². The van der Waals surface area contributed by atoms with Crippen molar-refractivity contribution in [3.05, 3.63) is 35.7 Å². The number of hydrogen-bond acceptors (Lipinski definition) is 5. The van der Waals surface area contributed by atoms with Crippen LogP contribution in [0.3, 0.4) is 0 Å². The highest BCUT2D eigenvalue weighted by Gasteiger charge is 2.16. The first-order valence-electron chi connectivity index (χ1n) is 8.47. The first kappa shape index (κ1) is 17.0. The molecular formula is C18H23N3O2S. The van der Waals surface area contributed by atoms with Crippen molar-refractivity contribution in [2.24, 2.45) is 0 Å². The van der Waals surface area contributed by atoms with E-state index < -0.39 is 0 Å². The third kappa shape index (κ3) is 4.84. The summed E-state index contributed by atoms with van der Waals surface area (Å²) in [5.41, 5.74) is 2.14. The Hall–Kier alpha value is -1.82. The number of benzene rings is 1. The Morgan fingerprint density at radius 3 is 2.75 bits per heavy atom. The number of thioether (sulfide) groups is 1. The van der Waals surface area contributed by atoms with Crippen LogP contribution in [0.1, 0.15) is 43.6 Å². The third-order valence-corrected chi connectivity index (χ3v) is 5.12. The van der Waals surface area contributed by atoms with Gasteiger partial charge in [0.15, 0.2) is 0 Å². The van der Waals surface area contributed by atoms with Crippen LogP contribution in [0.5, 0.6) is 0 Å². The minimum absolute atomic E-state index is 0.102. The van der Waals surface area contributed by atoms with E-state index in [1.54, 1.807) is 0 Å². The van der Waals surface area contributed by atoms with Crippen LogP contribution in [0, 0.1) is 6.92 Å². The number of rotatable bonds is 6. The van der Waals surface area contributed by atoms with Crippen molar-refractivity contribution in [3.8, 4) is 11.4 Å². The molecule has 0 radical (unpaired) electrons. The predicted molar refractivity (Wildman–Crippen MR) is 95.6 cm³/mol. The lowest BCUT2D eigenvalue weighted by Gasteiger charge is -2.22. The molecular weight excluding hydrogens is 322 g/mol. The van der Waals surface area contributed by atoms with Crippen molar-refractivity contribution in [2.45, 2.75) is 50.8 Å². The number of nitrogens with zero attached hydrogens (tertiary/aromatic N) is 2. The quantitative estimate of drug-likeness (QED) is 0.864. The van der Waals surface area contributed by atoms with Gasteiger partial charge in [-0.05, 0) is 19.8 Å². The molecule has 1 amide bonds. The molecule has 1 N–H and O–H groups in total. The Morgan fingerprint density at radius 2 is 2.00 bits per heavy atom.